The van der Waals surface area contributed by atoms with E-state index in [2.05, 4.69) is 15.6 Å². The number of rotatable bonds is 7. The van der Waals surface area contributed by atoms with Crippen molar-refractivity contribution < 1.29 is 28.2 Å². The van der Waals surface area contributed by atoms with Crippen molar-refractivity contribution in [3.63, 3.8) is 0 Å². The van der Waals surface area contributed by atoms with Crippen LogP contribution in [-0.4, -0.2) is 46.8 Å². The molecule has 0 unspecified atom stereocenters. The molecular formula is C21H23F2N3O4. The smallest absolute Gasteiger partial charge is 0.270 e. The molecule has 1 aromatic heterocycles. The van der Waals surface area contributed by atoms with Crippen LogP contribution in [0.5, 0.6) is 0 Å². The van der Waals surface area contributed by atoms with Crippen molar-refractivity contribution >= 4 is 11.8 Å². The minimum absolute atomic E-state index is 0.00752. The number of ether oxygens (including phenoxy) is 1. The first-order chi connectivity index (χ1) is 14.4. The monoisotopic (exact) mass is 419 g/mol. The molecule has 2 heterocycles. The molecule has 3 rings (SSSR count). The number of carbonyl (C=O) groups excluding carboxylic acids is 2. The number of halogens is 2. The van der Waals surface area contributed by atoms with E-state index in [9.17, 15) is 23.5 Å². The molecule has 0 radical (unpaired) electrons. The largest absolute Gasteiger partial charge is 0.394 e. The lowest BCUT2D eigenvalue weighted by molar-refractivity contribution is -0.131. The molecule has 1 aliphatic heterocycles. The van der Waals surface area contributed by atoms with Gasteiger partial charge in [-0.05, 0) is 42.7 Å². The fourth-order valence-electron chi connectivity index (χ4n) is 3.38. The zero-order valence-corrected chi connectivity index (χ0v) is 16.2. The highest BCUT2D eigenvalue weighted by molar-refractivity contribution is 5.92. The van der Waals surface area contributed by atoms with E-state index in [4.69, 9.17) is 4.74 Å². The summed E-state index contributed by atoms with van der Waals surface area (Å²) in [5.41, 5.74) is 0.584. The number of hydrogen-bond acceptors (Lipinski definition) is 5. The summed E-state index contributed by atoms with van der Waals surface area (Å²) in [6.07, 6.45) is 1.50. The van der Waals surface area contributed by atoms with Crippen molar-refractivity contribution in [2.24, 2.45) is 0 Å². The summed E-state index contributed by atoms with van der Waals surface area (Å²) in [5.74, 6) is -2.11. The van der Waals surface area contributed by atoms with Gasteiger partial charge in [-0.2, -0.15) is 0 Å². The maximum atomic E-state index is 13.2. The van der Waals surface area contributed by atoms with Gasteiger partial charge < -0.3 is 20.5 Å². The van der Waals surface area contributed by atoms with E-state index in [1.165, 1.54) is 6.20 Å². The third-order valence-electron chi connectivity index (χ3n) is 4.83. The van der Waals surface area contributed by atoms with Gasteiger partial charge in [0.05, 0.1) is 25.2 Å². The molecular weight excluding hydrogens is 396 g/mol. The highest BCUT2D eigenvalue weighted by Gasteiger charge is 2.33. The highest BCUT2D eigenvalue weighted by Crippen LogP contribution is 2.22. The van der Waals surface area contributed by atoms with E-state index in [0.29, 0.717) is 18.4 Å². The Morgan fingerprint density at radius 3 is 2.60 bits per heavy atom. The van der Waals surface area contributed by atoms with Crippen molar-refractivity contribution in [2.45, 2.75) is 44.1 Å². The first kappa shape index (κ1) is 21.8. The van der Waals surface area contributed by atoms with Crippen LogP contribution in [0.15, 0.2) is 42.6 Å². The second kappa shape index (κ2) is 10.2. The summed E-state index contributed by atoms with van der Waals surface area (Å²) < 4.78 is 32.2. The van der Waals surface area contributed by atoms with Gasteiger partial charge in [-0.25, -0.2) is 8.78 Å². The van der Waals surface area contributed by atoms with Gasteiger partial charge in [0.1, 0.15) is 23.4 Å². The number of nitrogens with zero attached hydrogens (tertiary/aromatic N) is 1. The number of carbonyl (C=O) groups is 2. The molecule has 1 fully saturated rings. The molecule has 3 atom stereocenters. The van der Waals surface area contributed by atoms with E-state index in [-0.39, 0.29) is 37.1 Å². The maximum absolute atomic E-state index is 13.2. The predicted molar refractivity (Wildman–Crippen MR) is 103 cm³/mol. The van der Waals surface area contributed by atoms with E-state index < -0.39 is 29.9 Å². The molecule has 2 amide bonds. The lowest BCUT2D eigenvalue weighted by atomic mass is 9.96. The Morgan fingerprint density at radius 1 is 1.17 bits per heavy atom. The van der Waals surface area contributed by atoms with Gasteiger partial charge >= 0.3 is 0 Å². The number of hydrogen-bond donors (Lipinski definition) is 3. The molecule has 1 saturated heterocycles. The van der Waals surface area contributed by atoms with Gasteiger partial charge in [0.25, 0.3) is 5.91 Å². The van der Waals surface area contributed by atoms with E-state index in [0.717, 1.165) is 18.2 Å². The van der Waals surface area contributed by atoms with Gasteiger partial charge in [-0.1, -0.05) is 6.07 Å². The van der Waals surface area contributed by atoms with Crippen LogP contribution in [0.25, 0.3) is 0 Å². The first-order valence-corrected chi connectivity index (χ1v) is 9.64. The molecule has 0 spiro atoms. The van der Waals surface area contributed by atoms with Crippen LogP contribution >= 0.6 is 0 Å². The van der Waals surface area contributed by atoms with Crippen LogP contribution in [0, 0.1) is 11.6 Å². The molecule has 9 heteroatoms. The summed E-state index contributed by atoms with van der Waals surface area (Å²) in [4.78, 5) is 28.4. The van der Waals surface area contributed by atoms with Crippen molar-refractivity contribution in [2.75, 3.05) is 6.61 Å². The van der Waals surface area contributed by atoms with Gasteiger partial charge in [0, 0.05) is 18.8 Å². The average molecular weight is 419 g/mol. The maximum Gasteiger partial charge on any atom is 0.270 e. The lowest BCUT2D eigenvalue weighted by Crippen LogP contribution is -2.51. The van der Waals surface area contributed by atoms with Crippen LogP contribution in [0.4, 0.5) is 8.78 Å². The van der Waals surface area contributed by atoms with E-state index in [1.54, 1.807) is 18.2 Å². The first-order valence-electron chi connectivity index (χ1n) is 9.64. The van der Waals surface area contributed by atoms with E-state index >= 15 is 0 Å². The van der Waals surface area contributed by atoms with E-state index in [1.807, 2.05) is 0 Å². The highest BCUT2D eigenvalue weighted by atomic mass is 19.1. The topological polar surface area (TPSA) is 101 Å². The minimum Gasteiger partial charge on any atom is -0.394 e. The van der Waals surface area contributed by atoms with Crippen LogP contribution < -0.4 is 10.6 Å². The number of nitrogens with one attached hydrogen (secondary N) is 2. The molecule has 0 saturated carbocycles. The second-order valence-corrected chi connectivity index (χ2v) is 7.11. The van der Waals surface area contributed by atoms with Crippen LogP contribution in [0.3, 0.4) is 0 Å². The molecule has 7 nitrogen and oxygen atoms in total. The van der Waals surface area contributed by atoms with Crippen molar-refractivity contribution in [1.82, 2.24) is 15.6 Å². The Morgan fingerprint density at radius 2 is 1.93 bits per heavy atom. The summed E-state index contributed by atoms with van der Waals surface area (Å²) in [6.45, 7) is -0.319. The summed E-state index contributed by atoms with van der Waals surface area (Å²) in [5, 5.41) is 15.1. The zero-order chi connectivity index (χ0) is 21.5. The van der Waals surface area contributed by atoms with Gasteiger partial charge in [0.15, 0.2) is 0 Å². The Balaban J connectivity index is 1.48. The van der Waals surface area contributed by atoms with Crippen molar-refractivity contribution in [3.05, 3.63) is 65.5 Å². The van der Waals surface area contributed by atoms with Gasteiger partial charge in [-0.3, -0.25) is 14.6 Å². The fraction of sp³-hybridized carbons (Fsp3) is 0.381. The number of aliphatic hydroxyl groups excluding tert-OH is 1. The summed E-state index contributed by atoms with van der Waals surface area (Å²) >= 11 is 0. The number of amides is 2. The Kier molecular flexibility index (Phi) is 7.42. The molecule has 30 heavy (non-hydrogen) atoms. The Hall–Kier alpha value is -2.91. The normalized spacial score (nSPS) is 21.1. The molecule has 0 aliphatic carbocycles. The van der Waals surface area contributed by atoms with Crippen LogP contribution in [-0.2, 0) is 16.1 Å². The van der Waals surface area contributed by atoms with Gasteiger partial charge in [0.2, 0.25) is 5.91 Å². The fourth-order valence-corrected chi connectivity index (χ4v) is 3.38. The number of aliphatic hydroxyl groups is 1. The summed E-state index contributed by atoms with van der Waals surface area (Å²) in [7, 11) is 0. The second-order valence-electron chi connectivity index (χ2n) is 7.11. The minimum atomic E-state index is -0.709. The predicted octanol–water partition coefficient (Wildman–Crippen LogP) is 1.70. The zero-order valence-electron chi connectivity index (χ0n) is 16.2. The number of aromatic nitrogens is 1. The third kappa shape index (κ3) is 6.04. The molecule has 160 valence electrons. The quantitative estimate of drug-likeness (QED) is 0.634. The number of pyridine rings is 1. The summed E-state index contributed by atoms with van der Waals surface area (Å²) in [6, 6.07) is 7.66. The SMILES string of the molecule is O=C(C[C@H]1CC[C@H](NC(=O)c2ccccn2)[C@@H](CO)O1)NCc1cc(F)cc(F)c1. The van der Waals surface area contributed by atoms with Crippen molar-refractivity contribution in [3.8, 4) is 0 Å². The number of benzene rings is 1. The lowest BCUT2D eigenvalue weighted by Gasteiger charge is -2.35. The van der Waals surface area contributed by atoms with Crippen LogP contribution in [0.2, 0.25) is 0 Å². The Labute approximate surface area is 172 Å². The molecule has 1 aromatic carbocycles. The molecule has 1 aliphatic rings. The average Bonchev–Trinajstić information content (AvgIpc) is 2.73. The van der Waals surface area contributed by atoms with Crippen molar-refractivity contribution in [1.29, 1.82) is 0 Å². The molecule has 2 aromatic rings. The molecule has 3 N–H and O–H groups in total. The third-order valence-corrected chi connectivity index (χ3v) is 4.83. The Bertz CT molecular complexity index is 862. The standard InChI is InChI=1S/C21H23F2N3O4/c22-14-7-13(8-15(23)9-14)11-25-20(28)10-16-4-5-17(19(12-27)30-16)26-21(29)18-3-1-2-6-24-18/h1-3,6-9,16-17,19,27H,4-5,10-12H2,(H,25,28)(H,26,29)/t16-,17+,19-/m1/s1. The van der Waals surface area contributed by atoms with Crippen LogP contribution in [0.1, 0.15) is 35.3 Å². The van der Waals surface area contributed by atoms with Gasteiger partial charge in [-0.15, -0.1) is 0 Å². The molecule has 0 bridgehead atoms.